The largest absolute Gasteiger partial charge is 0.482 e. The van der Waals surface area contributed by atoms with Crippen LogP contribution in [0.25, 0.3) is 11.4 Å². The number of esters is 1. The van der Waals surface area contributed by atoms with E-state index in [2.05, 4.69) is 10.1 Å². The van der Waals surface area contributed by atoms with Crippen molar-refractivity contribution >= 4 is 17.6 Å². The molecule has 1 aliphatic rings. The second kappa shape index (κ2) is 7.91. The molecular weight excluding hydrogens is 362 g/mol. The molecule has 0 spiro atoms. The van der Waals surface area contributed by atoms with Gasteiger partial charge in [-0.3, -0.25) is 9.59 Å². The number of fused-ring (bicyclic) bond motifs is 1. The van der Waals surface area contributed by atoms with Gasteiger partial charge in [0.15, 0.2) is 13.2 Å². The van der Waals surface area contributed by atoms with E-state index in [0.717, 1.165) is 5.56 Å². The van der Waals surface area contributed by atoms with E-state index in [4.69, 9.17) is 14.0 Å². The first-order valence-corrected chi connectivity index (χ1v) is 8.76. The van der Waals surface area contributed by atoms with Crippen molar-refractivity contribution in [2.75, 3.05) is 18.1 Å². The van der Waals surface area contributed by atoms with Gasteiger partial charge in [-0.1, -0.05) is 47.6 Å². The summed E-state index contributed by atoms with van der Waals surface area (Å²) in [5, 5.41) is 3.87. The van der Waals surface area contributed by atoms with Crippen molar-refractivity contribution < 1.29 is 23.6 Å². The Morgan fingerprint density at radius 3 is 2.75 bits per heavy atom. The zero-order valence-electron chi connectivity index (χ0n) is 14.9. The highest BCUT2D eigenvalue weighted by Gasteiger charge is 2.25. The van der Waals surface area contributed by atoms with E-state index in [-0.39, 0.29) is 38.0 Å². The normalized spacial score (nSPS) is 13.0. The molecule has 0 atom stereocenters. The highest BCUT2D eigenvalue weighted by atomic mass is 16.6. The van der Waals surface area contributed by atoms with Gasteiger partial charge in [0, 0.05) is 12.1 Å². The average molecular weight is 379 g/mol. The molecular formula is C20H17N3O5. The maximum atomic E-state index is 12.1. The first-order valence-electron chi connectivity index (χ1n) is 8.76. The standard InChI is InChI=1S/C20H17N3O5/c24-18-13-26-16-9-5-4-8-15(16)23(18)11-10-19(25)27-12-17-21-20(22-28-17)14-6-2-1-3-7-14/h1-9H,10-13H2. The molecule has 1 aliphatic heterocycles. The number of amides is 1. The summed E-state index contributed by atoms with van der Waals surface area (Å²) < 4.78 is 15.7. The Bertz CT molecular complexity index is 986. The van der Waals surface area contributed by atoms with Crippen LogP contribution in [0.15, 0.2) is 59.1 Å². The third-order valence-electron chi connectivity index (χ3n) is 4.20. The molecule has 0 aliphatic carbocycles. The summed E-state index contributed by atoms with van der Waals surface area (Å²) in [6.45, 7) is 0.0414. The fraction of sp³-hybridized carbons (Fsp3) is 0.200. The lowest BCUT2D eigenvalue weighted by molar-refractivity contribution is -0.145. The minimum absolute atomic E-state index is 0.0414. The summed E-state index contributed by atoms with van der Waals surface area (Å²) in [5.41, 5.74) is 1.46. The Morgan fingerprint density at radius 2 is 1.89 bits per heavy atom. The molecule has 0 bridgehead atoms. The lowest BCUT2D eigenvalue weighted by atomic mass is 10.2. The molecule has 0 saturated heterocycles. The molecule has 1 amide bonds. The van der Waals surface area contributed by atoms with E-state index in [1.165, 1.54) is 4.90 Å². The fourth-order valence-electron chi connectivity index (χ4n) is 2.83. The van der Waals surface area contributed by atoms with Gasteiger partial charge in [-0.2, -0.15) is 4.98 Å². The van der Waals surface area contributed by atoms with E-state index in [1.807, 2.05) is 42.5 Å². The number of rotatable bonds is 6. The molecule has 8 heteroatoms. The molecule has 4 rings (SSSR count). The van der Waals surface area contributed by atoms with Gasteiger partial charge in [0.25, 0.3) is 11.8 Å². The van der Waals surface area contributed by atoms with Crippen LogP contribution in [0.5, 0.6) is 5.75 Å². The van der Waals surface area contributed by atoms with Crippen LogP contribution in [0.1, 0.15) is 12.3 Å². The smallest absolute Gasteiger partial charge is 0.308 e. The van der Waals surface area contributed by atoms with Gasteiger partial charge in [-0.25, -0.2) is 0 Å². The van der Waals surface area contributed by atoms with E-state index >= 15 is 0 Å². The monoisotopic (exact) mass is 379 g/mol. The van der Waals surface area contributed by atoms with Gasteiger partial charge in [-0.15, -0.1) is 0 Å². The average Bonchev–Trinajstić information content (AvgIpc) is 3.21. The third kappa shape index (κ3) is 3.85. The number of benzene rings is 2. The van der Waals surface area contributed by atoms with Crippen LogP contribution in [0, 0.1) is 0 Å². The van der Waals surface area contributed by atoms with Crippen LogP contribution in [-0.2, 0) is 20.9 Å². The van der Waals surface area contributed by atoms with Gasteiger partial charge in [0.1, 0.15) is 5.75 Å². The van der Waals surface area contributed by atoms with Crippen LogP contribution in [0.4, 0.5) is 5.69 Å². The minimum Gasteiger partial charge on any atom is -0.482 e. The Hall–Kier alpha value is -3.68. The number of aromatic nitrogens is 2. The third-order valence-corrected chi connectivity index (χ3v) is 4.20. The molecule has 142 valence electrons. The zero-order valence-corrected chi connectivity index (χ0v) is 14.9. The van der Waals surface area contributed by atoms with Crippen LogP contribution < -0.4 is 9.64 Å². The lowest BCUT2D eigenvalue weighted by Gasteiger charge is -2.28. The van der Waals surface area contributed by atoms with Crippen molar-refractivity contribution in [1.29, 1.82) is 0 Å². The maximum absolute atomic E-state index is 12.1. The number of ether oxygens (including phenoxy) is 2. The maximum Gasteiger partial charge on any atom is 0.308 e. The van der Waals surface area contributed by atoms with E-state index in [0.29, 0.717) is 17.3 Å². The van der Waals surface area contributed by atoms with Crippen molar-refractivity contribution in [3.05, 3.63) is 60.5 Å². The highest BCUT2D eigenvalue weighted by molar-refractivity contribution is 5.98. The number of para-hydroxylation sites is 2. The molecule has 2 aromatic carbocycles. The highest BCUT2D eigenvalue weighted by Crippen LogP contribution is 2.31. The van der Waals surface area contributed by atoms with Crippen LogP contribution in [0.3, 0.4) is 0 Å². The van der Waals surface area contributed by atoms with Crippen molar-refractivity contribution in [1.82, 2.24) is 10.1 Å². The quantitative estimate of drug-likeness (QED) is 0.608. The van der Waals surface area contributed by atoms with Crippen molar-refractivity contribution in [3.8, 4) is 17.1 Å². The zero-order chi connectivity index (χ0) is 19.3. The molecule has 8 nitrogen and oxygen atoms in total. The number of hydrogen-bond donors (Lipinski definition) is 0. The van der Waals surface area contributed by atoms with Crippen molar-refractivity contribution in [2.24, 2.45) is 0 Å². The van der Waals surface area contributed by atoms with Gasteiger partial charge >= 0.3 is 5.97 Å². The van der Waals surface area contributed by atoms with Crippen LogP contribution in [-0.4, -0.2) is 35.2 Å². The second-order valence-electron chi connectivity index (χ2n) is 6.09. The van der Waals surface area contributed by atoms with Gasteiger partial charge in [0.05, 0.1) is 12.1 Å². The SMILES string of the molecule is O=C(CCN1C(=O)COc2ccccc21)OCc1nc(-c2ccccc2)no1. The summed E-state index contributed by atoms with van der Waals surface area (Å²) >= 11 is 0. The molecule has 0 fully saturated rings. The summed E-state index contributed by atoms with van der Waals surface area (Å²) in [6, 6.07) is 16.6. The number of carbonyl (C=O) groups is 2. The number of anilines is 1. The van der Waals surface area contributed by atoms with Gasteiger partial charge in [-0.05, 0) is 12.1 Å². The predicted molar refractivity (Wildman–Crippen MR) is 98.4 cm³/mol. The van der Waals surface area contributed by atoms with Gasteiger partial charge in [0.2, 0.25) is 5.82 Å². The topological polar surface area (TPSA) is 94.8 Å². The number of hydrogen-bond acceptors (Lipinski definition) is 7. The van der Waals surface area contributed by atoms with E-state index < -0.39 is 5.97 Å². The minimum atomic E-state index is -0.462. The summed E-state index contributed by atoms with van der Waals surface area (Å²) in [6.07, 6.45) is 0.0414. The fourth-order valence-corrected chi connectivity index (χ4v) is 2.83. The van der Waals surface area contributed by atoms with Crippen LogP contribution >= 0.6 is 0 Å². The molecule has 0 N–H and O–H groups in total. The second-order valence-corrected chi connectivity index (χ2v) is 6.09. The first-order chi connectivity index (χ1) is 13.7. The Balaban J connectivity index is 1.31. The van der Waals surface area contributed by atoms with Gasteiger partial charge < -0.3 is 18.9 Å². The number of carbonyl (C=O) groups excluding carboxylic acids is 2. The lowest BCUT2D eigenvalue weighted by Crippen LogP contribution is -2.40. The summed E-state index contributed by atoms with van der Waals surface area (Å²) in [4.78, 5) is 29.9. The molecule has 3 aromatic rings. The van der Waals surface area contributed by atoms with E-state index in [1.54, 1.807) is 12.1 Å². The molecule has 1 aromatic heterocycles. The molecule has 0 radical (unpaired) electrons. The molecule has 0 saturated carbocycles. The summed E-state index contributed by atoms with van der Waals surface area (Å²) in [5.74, 6) is 0.601. The summed E-state index contributed by atoms with van der Waals surface area (Å²) in [7, 11) is 0. The first kappa shape index (κ1) is 17.7. The van der Waals surface area contributed by atoms with Crippen molar-refractivity contribution in [3.63, 3.8) is 0 Å². The number of nitrogens with zero attached hydrogens (tertiary/aromatic N) is 3. The molecule has 2 heterocycles. The van der Waals surface area contributed by atoms with E-state index in [9.17, 15) is 9.59 Å². The Morgan fingerprint density at radius 1 is 1.11 bits per heavy atom. The Labute approximate surface area is 160 Å². The molecule has 28 heavy (non-hydrogen) atoms. The van der Waals surface area contributed by atoms with Crippen molar-refractivity contribution in [2.45, 2.75) is 13.0 Å². The van der Waals surface area contributed by atoms with Crippen LogP contribution in [0.2, 0.25) is 0 Å². The predicted octanol–water partition coefficient (Wildman–Crippen LogP) is 2.60. The molecule has 0 unspecified atom stereocenters. The Kier molecular flexibility index (Phi) is 5.01.